The van der Waals surface area contributed by atoms with Crippen LogP contribution in [0, 0.1) is 0 Å². The number of fused-ring (bicyclic) bond motifs is 1. The zero-order valence-electron chi connectivity index (χ0n) is 16.1. The molecular formula is C16H19ClN6O4S2. The van der Waals surface area contributed by atoms with Crippen molar-refractivity contribution in [3.63, 3.8) is 0 Å². The molecule has 2 aliphatic rings. The predicted octanol–water partition coefficient (Wildman–Crippen LogP) is 0.731. The first-order valence-corrected chi connectivity index (χ1v) is 10.7. The zero-order valence-corrected chi connectivity index (χ0v) is 18.4. The number of anilines is 1. The molecule has 2 amide bonds. The van der Waals surface area contributed by atoms with Crippen LogP contribution in [-0.2, 0) is 19.1 Å². The van der Waals surface area contributed by atoms with E-state index in [1.54, 1.807) is 20.8 Å². The molecule has 0 bridgehead atoms. The lowest BCUT2D eigenvalue weighted by molar-refractivity contribution is -0.158. The number of amides is 2. The van der Waals surface area contributed by atoms with E-state index in [9.17, 15) is 14.4 Å². The summed E-state index contributed by atoms with van der Waals surface area (Å²) in [6, 6.07) is -0.845. The topological polar surface area (TPSA) is 140 Å². The third-order valence-electron chi connectivity index (χ3n) is 3.89. The SMILES string of the molecule is CN=C(C(=O)N[C@@H]1C(=O)N2C(C(=O)OC(C)(C)C)=C(Cl)CSC12)c1nsc(N)n1. The number of ether oxygens (including phenoxy) is 1. The Kier molecular flexibility index (Phi) is 5.88. The lowest BCUT2D eigenvalue weighted by atomic mass is 10.0. The van der Waals surface area contributed by atoms with Crippen LogP contribution in [0.4, 0.5) is 5.13 Å². The second-order valence-electron chi connectivity index (χ2n) is 7.14. The highest BCUT2D eigenvalue weighted by Gasteiger charge is 2.55. The van der Waals surface area contributed by atoms with Gasteiger partial charge in [0.05, 0.1) is 5.03 Å². The minimum Gasteiger partial charge on any atom is -0.455 e. The Morgan fingerprint density at radius 2 is 2.10 bits per heavy atom. The molecule has 1 unspecified atom stereocenters. The van der Waals surface area contributed by atoms with Gasteiger partial charge in [-0.3, -0.25) is 19.5 Å². The van der Waals surface area contributed by atoms with Gasteiger partial charge in [-0.25, -0.2) is 4.79 Å². The van der Waals surface area contributed by atoms with Gasteiger partial charge in [0.1, 0.15) is 22.7 Å². The second kappa shape index (κ2) is 7.92. The Hall–Kier alpha value is -2.18. The number of esters is 1. The molecule has 3 heterocycles. The summed E-state index contributed by atoms with van der Waals surface area (Å²) in [5.74, 6) is -1.34. The Morgan fingerprint density at radius 3 is 2.66 bits per heavy atom. The van der Waals surface area contributed by atoms with Crippen LogP contribution in [0.3, 0.4) is 0 Å². The van der Waals surface area contributed by atoms with Gasteiger partial charge in [-0.15, -0.1) is 11.8 Å². The van der Waals surface area contributed by atoms with Crippen molar-refractivity contribution in [3.8, 4) is 0 Å². The predicted molar refractivity (Wildman–Crippen MR) is 111 cm³/mol. The summed E-state index contributed by atoms with van der Waals surface area (Å²) in [7, 11) is 1.42. The molecule has 10 nitrogen and oxygen atoms in total. The van der Waals surface area contributed by atoms with Crippen LogP contribution < -0.4 is 11.1 Å². The Bertz CT molecular complexity index is 938. The summed E-state index contributed by atoms with van der Waals surface area (Å²) in [5, 5.41) is 2.58. The molecule has 13 heteroatoms. The Balaban J connectivity index is 1.75. The van der Waals surface area contributed by atoms with Crippen molar-refractivity contribution in [2.75, 3.05) is 18.5 Å². The number of halogens is 1. The van der Waals surface area contributed by atoms with Crippen molar-refractivity contribution in [1.82, 2.24) is 19.6 Å². The number of aromatic nitrogens is 2. The Labute approximate surface area is 180 Å². The van der Waals surface area contributed by atoms with Gasteiger partial charge < -0.3 is 15.8 Å². The quantitative estimate of drug-likeness (QED) is 0.382. The highest BCUT2D eigenvalue weighted by molar-refractivity contribution is 8.00. The molecule has 1 aromatic rings. The number of carbonyl (C=O) groups is 3. The molecule has 2 atom stereocenters. The van der Waals surface area contributed by atoms with E-state index in [1.807, 2.05) is 0 Å². The third kappa shape index (κ3) is 4.23. The van der Waals surface area contributed by atoms with Crippen molar-refractivity contribution in [1.29, 1.82) is 0 Å². The molecule has 0 aromatic carbocycles. The highest BCUT2D eigenvalue weighted by atomic mass is 35.5. The van der Waals surface area contributed by atoms with E-state index in [0.29, 0.717) is 5.75 Å². The number of rotatable bonds is 4. The number of hydrogen-bond acceptors (Lipinski definition) is 10. The van der Waals surface area contributed by atoms with Crippen LogP contribution in [0.15, 0.2) is 15.7 Å². The summed E-state index contributed by atoms with van der Waals surface area (Å²) >= 11 is 8.48. The first-order chi connectivity index (χ1) is 13.5. The summed E-state index contributed by atoms with van der Waals surface area (Å²) in [4.78, 5) is 47.0. The molecule has 156 valence electrons. The summed E-state index contributed by atoms with van der Waals surface area (Å²) < 4.78 is 9.33. The van der Waals surface area contributed by atoms with Gasteiger partial charge in [0.2, 0.25) is 0 Å². The number of nitrogens with zero attached hydrogens (tertiary/aromatic N) is 4. The third-order valence-corrected chi connectivity index (χ3v) is 6.19. The fourth-order valence-corrected chi connectivity index (χ4v) is 4.72. The van der Waals surface area contributed by atoms with Gasteiger partial charge >= 0.3 is 5.97 Å². The molecule has 1 saturated heterocycles. The van der Waals surface area contributed by atoms with Crippen LogP contribution in [-0.4, -0.2) is 67.6 Å². The van der Waals surface area contributed by atoms with E-state index in [0.717, 1.165) is 11.5 Å². The normalized spacial score (nSPS) is 22.2. The number of aliphatic imine (C=N–C) groups is 1. The average molecular weight is 459 g/mol. The van der Waals surface area contributed by atoms with Gasteiger partial charge in [0.25, 0.3) is 11.8 Å². The van der Waals surface area contributed by atoms with Crippen molar-refractivity contribution in [2.24, 2.45) is 4.99 Å². The van der Waals surface area contributed by atoms with E-state index in [4.69, 9.17) is 22.1 Å². The summed E-state index contributed by atoms with van der Waals surface area (Å²) in [6.45, 7) is 5.17. The number of thioether (sulfide) groups is 1. The molecule has 3 rings (SSSR count). The van der Waals surface area contributed by atoms with Crippen LogP contribution in [0.2, 0.25) is 0 Å². The molecule has 29 heavy (non-hydrogen) atoms. The van der Waals surface area contributed by atoms with Gasteiger partial charge in [0.15, 0.2) is 16.7 Å². The lowest BCUT2D eigenvalue weighted by Gasteiger charge is -2.49. The first-order valence-electron chi connectivity index (χ1n) is 8.47. The minimum atomic E-state index is -0.845. The molecule has 0 radical (unpaired) electrons. The van der Waals surface area contributed by atoms with Crippen LogP contribution >= 0.6 is 34.9 Å². The van der Waals surface area contributed by atoms with E-state index in [-0.39, 0.29) is 27.4 Å². The van der Waals surface area contributed by atoms with Crippen molar-refractivity contribution in [2.45, 2.75) is 37.8 Å². The highest BCUT2D eigenvalue weighted by Crippen LogP contribution is 2.42. The molecule has 0 spiro atoms. The van der Waals surface area contributed by atoms with E-state index >= 15 is 0 Å². The van der Waals surface area contributed by atoms with E-state index in [1.165, 1.54) is 23.7 Å². The molecular weight excluding hydrogens is 440 g/mol. The number of β-lactam (4-membered cyclic amide) rings is 1. The number of nitrogens with two attached hydrogens (primary N) is 1. The van der Waals surface area contributed by atoms with E-state index in [2.05, 4.69) is 19.7 Å². The maximum atomic E-state index is 12.7. The van der Waals surface area contributed by atoms with Crippen molar-refractivity contribution < 1.29 is 19.1 Å². The second-order valence-corrected chi connectivity index (χ2v) is 9.49. The maximum Gasteiger partial charge on any atom is 0.356 e. The van der Waals surface area contributed by atoms with Crippen LogP contribution in [0.5, 0.6) is 0 Å². The summed E-state index contributed by atoms with van der Waals surface area (Å²) in [5.41, 5.74) is 4.79. The Morgan fingerprint density at radius 1 is 1.41 bits per heavy atom. The molecule has 2 aliphatic heterocycles. The van der Waals surface area contributed by atoms with Gasteiger partial charge in [-0.2, -0.15) is 9.36 Å². The fraction of sp³-hybridized carbons (Fsp3) is 0.500. The summed E-state index contributed by atoms with van der Waals surface area (Å²) in [6.07, 6.45) is 0. The first kappa shape index (κ1) is 21.5. The van der Waals surface area contributed by atoms with Crippen molar-refractivity contribution in [3.05, 3.63) is 16.6 Å². The van der Waals surface area contributed by atoms with Crippen LogP contribution in [0.1, 0.15) is 26.6 Å². The molecule has 1 aromatic heterocycles. The average Bonchev–Trinajstić information content (AvgIpc) is 3.04. The van der Waals surface area contributed by atoms with Gasteiger partial charge in [-0.05, 0) is 20.8 Å². The molecule has 0 aliphatic carbocycles. The standard InChI is InChI=1S/C16H19ClN6O4S2/c1-16(2,3)27-14(26)9-6(17)5-28-13-8(12(25)23(9)13)20-11(24)7(19-4)10-21-15(18)29-22-10/h8,13H,5H2,1-4H3,(H,20,24)(H2,18,21,22)/t8-,13?/m1/s1. The maximum absolute atomic E-state index is 12.7. The lowest BCUT2D eigenvalue weighted by Crippen LogP contribution is -2.71. The fourth-order valence-electron chi connectivity index (χ4n) is 2.74. The largest absolute Gasteiger partial charge is 0.455 e. The molecule has 1 fully saturated rings. The van der Waals surface area contributed by atoms with Crippen LogP contribution in [0.25, 0.3) is 0 Å². The minimum absolute atomic E-state index is 0.0131. The number of hydrogen-bond donors (Lipinski definition) is 2. The number of carbonyl (C=O) groups excluding carboxylic acids is 3. The van der Waals surface area contributed by atoms with Gasteiger partial charge in [-0.1, -0.05) is 11.6 Å². The zero-order chi connectivity index (χ0) is 21.5. The monoisotopic (exact) mass is 458 g/mol. The van der Waals surface area contributed by atoms with Crippen molar-refractivity contribution >= 4 is 63.5 Å². The smallest absolute Gasteiger partial charge is 0.356 e. The number of nitrogens with one attached hydrogen (secondary N) is 1. The molecule has 3 N–H and O–H groups in total. The number of nitrogen functional groups attached to an aromatic ring is 1. The molecule has 0 saturated carbocycles. The van der Waals surface area contributed by atoms with E-state index < -0.39 is 34.8 Å². The van der Waals surface area contributed by atoms with Gasteiger partial charge in [0, 0.05) is 24.3 Å².